The molecule has 0 bridgehead atoms. The Labute approximate surface area is 285 Å². The lowest BCUT2D eigenvalue weighted by Crippen LogP contribution is -2.54. The maximum atomic E-state index is 13.5. The van der Waals surface area contributed by atoms with E-state index in [9.17, 15) is 49.8 Å². The van der Waals surface area contributed by atoms with Crippen LogP contribution in [0.1, 0.15) is 171 Å². The summed E-state index contributed by atoms with van der Waals surface area (Å²) < 4.78 is 5.34. The van der Waals surface area contributed by atoms with E-state index in [-0.39, 0.29) is 24.8 Å². The lowest BCUT2D eigenvalue weighted by Gasteiger charge is -2.33. The number of hydrogen-bond donors (Lipinski definition) is 6. The molecule has 0 heterocycles. The van der Waals surface area contributed by atoms with Gasteiger partial charge in [0.15, 0.2) is 11.5 Å². The van der Waals surface area contributed by atoms with Crippen LogP contribution in [-0.4, -0.2) is 60.1 Å². The highest BCUT2D eigenvalue weighted by molar-refractivity contribution is 5.98. The number of esters is 1. The van der Waals surface area contributed by atoms with Crippen LogP contribution in [0.25, 0.3) is 0 Å². The molecule has 0 radical (unpaired) electrons. The number of carbonyl (C=O) groups is 4. The van der Waals surface area contributed by atoms with Gasteiger partial charge >= 0.3 is 23.9 Å². The van der Waals surface area contributed by atoms with Gasteiger partial charge in [-0.1, -0.05) is 136 Å². The zero-order valence-electron chi connectivity index (χ0n) is 29.1. The number of carbonyl (C=O) groups excluding carboxylic acids is 1. The van der Waals surface area contributed by atoms with Crippen molar-refractivity contribution in [2.24, 2.45) is 5.92 Å². The number of rotatable bonds is 29. The van der Waals surface area contributed by atoms with Crippen molar-refractivity contribution in [3.8, 4) is 17.2 Å². The van der Waals surface area contributed by atoms with Gasteiger partial charge < -0.3 is 35.4 Å². The van der Waals surface area contributed by atoms with Gasteiger partial charge in [0.25, 0.3) is 0 Å². The van der Waals surface area contributed by atoms with Crippen molar-refractivity contribution >= 4 is 23.9 Å². The fraction of sp³-hybridized carbons (Fsp3) is 0.730. The molecule has 0 amide bonds. The minimum atomic E-state index is -2.97. The van der Waals surface area contributed by atoms with E-state index in [2.05, 4.69) is 13.8 Å². The second-order valence-corrected chi connectivity index (χ2v) is 13.1. The molecule has 0 saturated heterocycles. The first-order chi connectivity index (χ1) is 22.9. The van der Waals surface area contributed by atoms with Gasteiger partial charge in [-0.2, -0.15) is 0 Å². The molecule has 0 saturated carbocycles. The molecule has 0 fully saturated rings. The van der Waals surface area contributed by atoms with E-state index in [0.29, 0.717) is 12.8 Å². The van der Waals surface area contributed by atoms with Crippen LogP contribution in [0, 0.1) is 5.92 Å². The molecule has 6 N–H and O–H groups in total. The number of aromatic hydroxyl groups is 3. The number of phenols is 3. The van der Waals surface area contributed by atoms with Crippen LogP contribution in [0.4, 0.5) is 0 Å². The molecule has 0 aliphatic carbocycles. The third kappa shape index (κ3) is 14.7. The Morgan fingerprint density at radius 3 is 1.50 bits per heavy atom. The van der Waals surface area contributed by atoms with E-state index in [1.165, 1.54) is 51.4 Å². The molecule has 48 heavy (non-hydrogen) atoms. The molecule has 0 aliphatic heterocycles. The van der Waals surface area contributed by atoms with Crippen LogP contribution in [0.2, 0.25) is 0 Å². The van der Waals surface area contributed by atoms with Crippen molar-refractivity contribution in [2.45, 2.75) is 167 Å². The minimum Gasteiger partial charge on any atom is -0.504 e. The Balaban J connectivity index is 2.96. The summed E-state index contributed by atoms with van der Waals surface area (Å²) in [5.41, 5.74) is -3.56. The summed E-state index contributed by atoms with van der Waals surface area (Å²) >= 11 is 0. The molecule has 0 spiro atoms. The van der Waals surface area contributed by atoms with Gasteiger partial charge in [0.05, 0.1) is 12.0 Å². The van der Waals surface area contributed by atoms with Gasteiger partial charge in [-0.05, 0) is 25.3 Å². The van der Waals surface area contributed by atoms with E-state index in [0.717, 1.165) is 63.9 Å². The maximum Gasteiger partial charge on any atom is 0.349 e. The number of unbranched alkanes of at least 4 members (excludes halogenated alkanes) is 18. The van der Waals surface area contributed by atoms with Crippen LogP contribution >= 0.6 is 0 Å². The fourth-order valence-corrected chi connectivity index (χ4v) is 6.24. The Kier molecular flexibility index (Phi) is 21.1. The van der Waals surface area contributed by atoms with Crippen molar-refractivity contribution in [1.29, 1.82) is 0 Å². The maximum absolute atomic E-state index is 13.5. The van der Waals surface area contributed by atoms with Gasteiger partial charge in [-0.15, -0.1) is 0 Å². The van der Waals surface area contributed by atoms with E-state index < -0.39 is 64.6 Å². The molecule has 2 unspecified atom stereocenters. The third-order valence-electron chi connectivity index (χ3n) is 9.12. The fourth-order valence-electron chi connectivity index (χ4n) is 6.24. The molecule has 274 valence electrons. The van der Waals surface area contributed by atoms with E-state index in [1.807, 2.05) is 0 Å². The number of carboxylic acid groups (broad SMARTS) is 3. The lowest BCUT2D eigenvalue weighted by atomic mass is 9.80. The largest absolute Gasteiger partial charge is 0.504 e. The van der Waals surface area contributed by atoms with Crippen LogP contribution in [0.5, 0.6) is 17.2 Å². The summed E-state index contributed by atoms with van der Waals surface area (Å²) in [7, 11) is 0. The van der Waals surface area contributed by atoms with E-state index >= 15 is 0 Å². The molecule has 0 aromatic heterocycles. The quantitative estimate of drug-likeness (QED) is 0.0268. The van der Waals surface area contributed by atoms with Crippen LogP contribution in [0.15, 0.2) is 6.07 Å². The smallest absolute Gasteiger partial charge is 0.349 e. The predicted molar refractivity (Wildman–Crippen MR) is 183 cm³/mol. The number of hydrogen-bond acceptors (Lipinski definition) is 8. The van der Waals surface area contributed by atoms with Gasteiger partial charge in [0.2, 0.25) is 11.4 Å². The molecular weight excluding hydrogens is 620 g/mol. The van der Waals surface area contributed by atoms with Crippen LogP contribution < -0.4 is 0 Å². The molecule has 1 aromatic carbocycles. The predicted octanol–water partition coefficient (Wildman–Crippen LogP) is 8.73. The summed E-state index contributed by atoms with van der Waals surface area (Å²) in [6, 6.07) is 0.806. The van der Waals surface area contributed by atoms with E-state index in [4.69, 9.17) is 4.74 Å². The first kappa shape index (κ1) is 42.5. The molecule has 11 nitrogen and oxygen atoms in total. The minimum absolute atomic E-state index is 0.0661. The number of ether oxygens (including phenoxy) is 1. The molecule has 2 atom stereocenters. The highest BCUT2D eigenvalue weighted by Crippen LogP contribution is 2.42. The van der Waals surface area contributed by atoms with Gasteiger partial charge in [0, 0.05) is 5.56 Å². The monoisotopic (exact) mass is 680 g/mol. The summed E-state index contributed by atoms with van der Waals surface area (Å²) in [5.74, 6) is -11.1. The van der Waals surface area contributed by atoms with Crippen molar-refractivity contribution in [3.05, 3.63) is 17.2 Å². The Morgan fingerprint density at radius 2 is 1.08 bits per heavy atom. The molecule has 0 aliphatic rings. The number of aliphatic carboxylic acids is 3. The molecule has 11 heteroatoms. The molecular formula is C37H60O11. The van der Waals surface area contributed by atoms with Crippen LogP contribution in [0.3, 0.4) is 0 Å². The average Bonchev–Trinajstić information content (AvgIpc) is 3.03. The summed E-state index contributed by atoms with van der Waals surface area (Å²) in [6.07, 6.45) is 18.5. The van der Waals surface area contributed by atoms with Crippen molar-refractivity contribution in [2.75, 3.05) is 0 Å². The SMILES string of the molecule is CCCCCCCCCCCCCCCCC(C(=O)O)C(CC(=O)O)(OC(=O)c1cc(O)c(O)c(O)c1CCCCCCCC)C(=O)O. The third-order valence-corrected chi connectivity index (χ3v) is 9.12. The van der Waals surface area contributed by atoms with Crippen molar-refractivity contribution in [3.63, 3.8) is 0 Å². The second kappa shape index (κ2) is 23.8. The Bertz CT molecular complexity index is 1130. The first-order valence-electron chi connectivity index (χ1n) is 18.1. The first-order valence-corrected chi connectivity index (χ1v) is 18.1. The second-order valence-electron chi connectivity index (χ2n) is 13.1. The summed E-state index contributed by atoms with van der Waals surface area (Å²) in [5, 5.41) is 60.8. The Hall–Kier alpha value is -3.50. The van der Waals surface area contributed by atoms with Gasteiger partial charge in [-0.3, -0.25) is 9.59 Å². The average molecular weight is 681 g/mol. The van der Waals surface area contributed by atoms with Crippen molar-refractivity contribution in [1.82, 2.24) is 0 Å². The highest BCUT2D eigenvalue weighted by Gasteiger charge is 2.55. The Morgan fingerprint density at radius 1 is 0.646 bits per heavy atom. The van der Waals surface area contributed by atoms with E-state index in [1.54, 1.807) is 0 Å². The highest BCUT2D eigenvalue weighted by atomic mass is 16.6. The lowest BCUT2D eigenvalue weighted by molar-refractivity contribution is -0.180. The molecule has 1 rings (SSSR count). The normalized spacial score (nSPS) is 13.1. The molecule has 1 aromatic rings. The number of carboxylic acids is 3. The number of benzene rings is 1. The topological polar surface area (TPSA) is 199 Å². The van der Waals surface area contributed by atoms with Gasteiger partial charge in [-0.25, -0.2) is 9.59 Å². The summed E-state index contributed by atoms with van der Waals surface area (Å²) in [4.78, 5) is 50.5. The van der Waals surface area contributed by atoms with Gasteiger partial charge in [0.1, 0.15) is 5.92 Å². The van der Waals surface area contributed by atoms with Crippen molar-refractivity contribution < 1.29 is 54.6 Å². The van der Waals surface area contributed by atoms with Crippen LogP contribution in [-0.2, 0) is 25.5 Å². The zero-order chi connectivity index (χ0) is 36.0. The zero-order valence-corrected chi connectivity index (χ0v) is 29.1. The summed E-state index contributed by atoms with van der Waals surface area (Å²) in [6.45, 7) is 4.28. The number of phenolic OH excluding ortho intramolecular Hbond substituents is 3. The standard InChI is InChI=1S/C37H60O11/c1-3-5-7-9-11-12-13-14-15-16-17-18-20-22-24-29(34(43)44)37(36(46)47,26-31(39)40)48-35(45)28-25-30(38)33(42)32(41)27(28)23-21-19-10-8-6-4-2/h25,29,38,41-42H,3-24,26H2,1-2H3,(H,39,40)(H,43,44)(H,46,47).